The molecule has 1 aromatic carbocycles. The number of pyridine rings is 1. The van der Waals surface area contributed by atoms with Crippen LogP contribution in [-0.4, -0.2) is 41.2 Å². The second-order valence-electron chi connectivity index (χ2n) is 5.59. The molecule has 0 bridgehead atoms. The summed E-state index contributed by atoms with van der Waals surface area (Å²) in [7, 11) is 0. The molecule has 1 amide bonds. The number of hydrogen-bond donors (Lipinski definition) is 0. The highest BCUT2D eigenvalue weighted by atomic mass is 16.6. The van der Waals surface area contributed by atoms with Gasteiger partial charge in [-0.3, -0.25) is 14.6 Å². The van der Waals surface area contributed by atoms with Gasteiger partial charge in [0.2, 0.25) is 5.78 Å². The van der Waals surface area contributed by atoms with Crippen LogP contribution in [0.25, 0.3) is 0 Å². The van der Waals surface area contributed by atoms with Crippen LogP contribution in [0.3, 0.4) is 0 Å². The third kappa shape index (κ3) is 3.65. The summed E-state index contributed by atoms with van der Waals surface area (Å²) in [4.78, 5) is 39.1. The lowest BCUT2D eigenvalue weighted by Crippen LogP contribution is -2.23. The van der Waals surface area contributed by atoms with Crippen LogP contribution in [0.5, 0.6) is 0 Å². The first-order chi connectivity index (χ1) is 11.7. The molecule has 2 heterocycles. The Kier molecular flexibility index (Phi) is 4.65. The van der Waals surface area contributed by atoms with Crippen molar-refractivity contribution >= 4 is 18.2 Å². The van der Waals surface area contributed by atoms with E-state index < -0.39 is 5.78 Å². The highest BCUT2D eigenvalue weighted by Crippen LogP contribution is 2.14. The monoisotopic (exact) mass is 324 g/mol. The minimum absolute atomic E-state index is 0.276. The molecule has 1 aliphatic heterocycles. The second-order valence-corrected chi connectivity index (χ2v) is 5.59. The smallest absolute Gasteiger partial charge is 0.410 e. The number of nitrogens with zero attached hydrogens (tertiary/aromatic N) is 2. The predicted molar refractivity (Wildman–Crippen MR) is 85.6 cm³/mol. The van der Waals surface area contributed by atoms with Crippen molar-refractivity contribution in [2.24, 2.45) is 0 Å². The number of amides is 1. The molecule has 0 aliphatic carbocycles. The van der Waals surface area contributed by atoms with E-state index in [1.807, 2.05) is 24.3 Å². The number of rotatable bonds is 6. The molecule has 24 heavy (non-hydrogen) atoms. The Labute approximate surface area is 139 Å². The van der Waals surface area contributed by atoms with Gasteiger partial charge in [-0.2, -0.15) is 0 Å². The largest absolute Gasteiger partial charge is 0.448 e. The van der Waals surface area contributed by atoms with E-state index in [0.717, 1.165) is 16.7 Å². The van der Waals surface area contributed by atoms with Gasteiger partial charge in [0.25, 0.3) is 0 Å². The molecule has 1 saturated heterocycles. The lowest BCUT2D eigenvalue weighted by atomic mass is 10.0. The zero-order valence-corrected chi connectivity index (χ0v) is 13.0. The number of ether oxygens (including phenoxy) is 1. The maximum atomic E-state index is 11.4. The van der Waals surface area contributed by atoms with Crippen LogP contribution in [0.15, 0.2) is 42.7 Å². The summed E-state index contributed by atoms with van der Waals surface area (Å²) in [5.41, 5.74) is 3.24. The number of Topliss-reactive ketones (excluding diaryl/α,β-unsaturated/α-hetero) is 1. The van der Waals surface area contributed by atoms with Gasteiger partial charge in [0, 0.05) is 24.5 Å². The maximum Gasteiger partial charge on any atom is 0.410 e. The van der Waals surface area contributed by atoms with E-state index in [4.69, 9.17) is 4.74 Å². The fraction of sp³-hybridized carbons (Fsp3) is 0.222. The Morgan fingerprint density at radius 3 is 2.58 bits per heavy atom. The summed E-state index contributed by atoms with van der Waals surface area (Å²) >= 11 is 0. The van der Waals surface area contributed by atoms with Gasteiger partial charge in [-0.1, -0.05) is 24.3 Å². The summed E-state index contributed by atoms with van der Waals surface area (Å²) in [6.45, 7) is 1.59. The highest BCUT2D eigenvalue weighted by molar-refractivity contribution is 6.33. The third-order valence-electron chi connectivity index (χ3n) is 3.84. The van der Waals surface area contributed by atoms with Crippen LogP contribution in [-0.2, 0) is 22.5 Å². The molecule has 0 N–H and O–H groups in total. The van der Waals surface area contributed by atoms with Gasteiger partial charge in [0.1, 0.15) is 6.61 Å². The minimum Gasteiger partial charge on any atom is -0.448 e. The number of aromatic nitrogens is 1. The van der Waals surface area contributed by atoms with Crippen LogP contribution < -0.4 is 0 Å². The summed E-state index contributed by atoms with van der Waals surface area (Å²) in [6, 6.07) is 9.57. The Morgan fingerprint density at radius 1 is 1.17 bits per heavy atom. The van der Waals surface area contributed by atoms with Crippen molar-refractivity contribution in [2.75, 3.05) is 13.2 Å². The molecule has 0 unspecified atom stereocenters. The predicted octanol–water partition coefficient (Wildman–Crippen LogP) is 2.01. The average Bonchev–Trinajstić information content (AvgIpc) is 3.01. The van der Waals surface area contributed by atoms with E-state index in [-0.39, 0.29) is 6.09 Å². The first-order valence-electron chi connectivity index (χ1n) is 7.58. The van der Waals surface area contributed by atoms with E-state index in [9.17, 15) is 14.4 Å². The molecule has 6 heteroatoms. The first kappa shape index (κ1) is 15.9. The van der Waals surface area contributed by atoms with Crippen molar-refractivity contribution < 1.29 is 19.1 Å². The molecule has 6 nitrogen and oxygen atoms in total. The molecule has 1 aliphatic rings. The van der Waals surface area contributed by atoms with Crippen LogP contribution >= 0.6 is 0 Å². The Balaban J connectivity index is 1.67. The highest BCUT2D eigenvalue weighted by Gasteiger charge is 2.21. The van der Waals surface area contributed by atoms with E-state index in [2.05, 4.69) is 4.98 Å². The minimum atomic E-state index is -0.572. The SMILES string of the molecule is O=CC(=O)c1cncc(Cc2ccc(CN3CCOC3=O)cc2)c1. The lowest BCUT2D eigenvalue weighted by molar-refractivity contribution is -0.104. The Morgan fingerprint density at radius 2 is 1.92 bits per heavy atom. The lowest BCUT2D eigenvalue weighted by Gasteiger charge is -2.12. The molecule has 0 atom stereocenters. The van der Waals surface area contributed by atoms with Crippen LogP contribution in [0.4, 0.5) is 4.79 Å². The Bertz CT molecular complexity index is 771. The molecule has 0 radical (unpaired) electrons. The number of benzene rings is 1. The molecule has 0 spiro atoms. The van der Waals surface area contributed by atoms with E-state index in [1.165, 1.54) is 6.20 Å². The molecule has 1 fully saturated rings. The molecule has 0 saturated carbocycles. The molecule has 122 valence electrons. The quantitative estimate of drug-likeness (QED) is 0.461. The maximum absolute atomic E-state index is 11.4. The molecule has 1 aromatic heterocycles. The van der Waals surface area contributed by atoms with Crippen LogP contribution in [0.2, 0.25) is 0 Å². The van der Waals surface area contributed by atoms with Gasteiger partial charge in [-0.25, -0.2) is 4.79 Å². The van der Waals surface area contributed by atoms with Crippen molar-refractivity contribution in [3.05, 3.63) is 65.0 Å². The van der Waals surface area contributed by atoms with Crippen molar-refractivity contribution in [1.82, 2.24) is 9.88 Å². The van der Waals surface area contributed by atoms with E-state index >= 15 is 0 Å². The van der Waals surface area contributed by atoms with Gasteiger partial charge >= 0.3 is 6.09 Å². The van der Waals surface area contributed by atoms with E-state index in [1.54, 1.807) is 17.2 Å². The standard InChI is InChI=1S/C18H16N2O4/c21-12-17(22)16-8-15(9-19-10-16)7-13-1-3-14(4-2-13)11-20-5-6-24-18(20)23/h1-4,8-10,12H,5-7,11H2. The van der Waals surface area contributed by atoms with E-state index in [0.29, 0.717) is 38.0 Å². The number of ketones is 1. The zero-order valence-electron chi connectivity index (χ0n) is 13.0. The van der Waals surface area contributed by atoms with Crippen LogP contribution in [0.1, 0.15) is 27.0 Å². The number of hydrogen-bond acceptors (Lipinski definition) is 5. The van der Waals surface area contributed by atoms with Gasteiger partial charge in [-0.15, -0.1) is 0 Å². The number of cyclic esters (lactones) is 1. The van der Waals surface area contributed by atoms with Crippen molar-refractivity contribution in [3.8, 4) is 0 Å². The second kappa shape index (κ2) is 7.04. The van der Waals surface area contributed by atoms with Crippen molar-refractivity contribution in [1.29, 1.82) is 0 Å². The fourth-order valence-electron chi connectivity index (χ4n) is 2.57. The van der Waals surface area contributed by atoms with Crippen molar-refractivity contribution in [3.63, 3.8) is 0 Å². The number of carbonyl (C=O) groups is 3. The summed E-state index contributed by atoms with van der Waals surface area (Å²) in [6.07, 6.45) is 3.69. The third-order valence-corrected chi connectivity index (χ3v) is 3.84. The Hall–Kier alpha value is -3.02. The van der Waals surface area contributed by atoms with Crippen LogP contribution in [0, 0.1) is 0 Å². The topological polar surface area (TPSA) is 76.6 Å². The first-order valence-corrected chi connectivity index (χ1v) is 7.58. The average molecular weight is 324 g/mol. The zero-order chi connectivity index (χ0) is 16.9. The van der Waals surface area contributed by atoms with Gasteiger partial charge in [0.15, 0.2) is 6.29 Å². The summed E-state index contributed by atoms with van der Waals surface area (Å²) < 4.78 is 4.91. The summed E-state index contributed by atoms with van der Waals surface area (Å²) in [5.74, 6) is -0.572. The van der Waals surface area contributed by atoms with Gasteiger partial charge < -0.3 is 9.64 Å². The molecular formula is C18H16N2O4. The molecular weight excluding hydrogens is 308 g/mol. The number of aldehydes is 1. The summed E-state index contributed by atoms with van der Waals surface area (Å²) in [5, 5.41) is 0. The number of carbonyl (C=O) groups excluding carboxylic acids is 3. The normalized spacial score (nSPS) is 13.7. The van der Waals surface area contributed by atoms with Crippen molar-refractivity contribution in [2.45, 2.75) is 13.0 Å². The molecule has 3 rings (SSSR count). The molecule has 2 aromatic rings. The van der Waals surface area contributed by atoms with Gasteiger partial charge in [-0.05, 0) is 29.2 Å². The fourth-order valence-corrected chi connectivity index (χ4v) is 2.57. The van der Waals surface area contributed by atoms with Gasteiger partial charge in [0.05, 0.1) is 6.54 Å².